The Balaban J connectivity index is 1.94. The van der Waals surface area contributed by atoms with Crippen molar-refractivity contribution in [3.05, 3.63) is 52.8 Å². The molecule has 3 N–H and O–H groups in total. The summed E-state index contributed by atoms with van der Waals surface area (Å²) in [6.45, 7) is 8.31. The Kier molecular flexibility index (Phi) is 6.76. The second-order valence-electron chi connectivity index (χ2n) is 6.95. The number of carbonyl (C=O) groups is 1. The molecule has 2 aromatic rings. The highest BCUT2D eigenvalue weighted by molar-refractivity contribution is 5.77. The van der Waals surface area contributed by atoms with Gasteiger partial charge in [0, 0.05) is 24.6 Å². The highest BCUT2D eigenvalue weighted by Crippen LogP contribution is 2.25. The summed E-state index contributed by atoms with van der Waals surface area (Å²) in [7, 11) is 0. The molecule has 0 saturated heterocycles. The number of hydrogen-bond donors (Lipinski definition) is 3. The van der Waals surface area contributed by atoms with E-state index < -0.39 is 6.10 Å². The van der Waals surface area contributed by atoms with Crippen molar-refractivity contribution in [3.8, 4) is 0 Å². The van der Waals surface area contributed by atoms with Crippen molar-refractivity contribution in [2.75, 3.05) is 6.54 Å². The SMILES string of the molecule is Cc1n[nH]c(C)c1C(C)CC(=O)NCC(CC(C)O)c1ccccc1. The van der Waals surface area contributed by atoms with E-state index in [0.29, 0.717) is 19.4 Å². The van der Waals surface area contributed by atoms with Crippen LogP contribution >= 0.6 is 0 Å². The molecule has 0 aliphatic carbocycles. The van der Waals surface area contributed by atoms with Crippen molar-refractivity contribution in [3.63, 3.8) is 0 Å². The minimum absolute atomic E-state index is 0.0269. The van der Waals surface area contributed by atoms with E-state index in [9.17, 15) is 9.90 Å². The van der Waals surface area contributed by atoms with Crippen LogP contribution in [-0.4, -0.2) is 33.9 Å². The molecule has 1 aromatic carbocycles. The Hall–Kier alpha value is -2.14. The molecule has 3 atom stereocenters. The van der Waals surface area contributed by atoms with Gasteiger partial charge >= 0.3 is 0 Å². The maximum Gasteiger partial charge on any atom is 0.220 e. The van der Waals surface area contributed by atoms with Gasteiger partial charge in [-0.25, -0.2) is 0 Å². The molecule has 1 heterocycles. The van der Waals surface area contributed by atoms with E-state index in [0.717, 1.165) is 22.5 Å². The molecule has 136 valence electrons. The van der Waals surface area contributed by atoms with Gasteiger partial charge in [0.2, 0.25) is 5.91 Å². The monoisotopic (exact) mass is 343 g/mol. The van der Waals surface area contributed by atoms with Crippen LogP contribution in [0.25, 0.3) is 0 Å². The molecule has 0 fully saturated rings. The second kappa shape index (κ2) is 8.81. The summed E-state index contributed by atoms with van der Waals surface area (Å²) < 4.78 is 0. The number of aromatic amines is 1. The Morgan fingerprint density at radius 3 is 2.48 bits per heavy atom. The van der Waals surface area contributed by atoms with Crippen LogP contribution in [0.5, 0.6) is 0 Å². The molecule has 1 aromatic heterocycles. The fourth-order valence-electron chi connectivity index (χ4n) is 3.45. The van der Waals surface area contributed by atoms with Crippen LogP contribution in [0.3, 0.4) is 0 Å². The van der Waals surface area contributed by atoms with Gasteiger partial charge in [-0.1, -0.05) is 37.3 Å². The van der Waals surface area contributed by atoms with Crippen LogP contribution in [0.2, 0.25) is 0 Å². The Bertz CT molecular complexity index is 660. The molecular formula is C20H29N3O2. The van der Waals surface area contributed by atoms with Crippen molar-refractivity contribution in [2.24, 2.45) is 0 Å². The number of H-pyrrole nitrogens is 1. The number of aliphatic hydroxyl groups excluding tert-OH is 1. The van der Waals surface area contributed by atoms with E-state index >= 15 is 0 Å². The third-order valence-electron chi connectivity index (χ3n) is 4.61. The first-order valence-electron chi connectivity index (χ1n) is 8.89. The van der Waals surface area contributed by atoms with Crippen LogP contribution in [0, 0.1) is 13.8 Å². The van der Waals surface area contributed by atoms with Crippen molar-refractivity contribution in [1.82, 2.24) is 15.5 Å². The molecule has 0 radical (unpaired) electrons. The zero-order chi connectivity index (χ0) is 18.4. The van der Waals surface area contributed by atoms with Crippen LogP contribution in [0.15, 0.2) is 30.3 Å². The van der Waals surface area contributed by atoms with Crippen LogP contribution < -0.4 is 5.32 Å². The molecule has 5 nitrogen and oxygen atoms in total. The molecule has 0 saturated carbocycles. The van der Waals surface area contributed by atoms with Crippen molar-refractivity contribution < 1.29 is 9.90 Å². The normalized spacial score (nSPS) is 14.8. The Labute approximate surface area is 149 Å². The van der Waals surface area contributed by atoms with E-state index in [1.54, 1.807) is 6.92 Å². The quantitative estimate of drug-likeness (QED) is 0.689. The van der Waals surface area contributed by atoms with Gasteiger partial charge in [-0.15, -0.1) is 0 Å². The first-order chi connectivity index (χ1) is 11.9. The minimum atomic E-state index is -0.405. The number of aryl methyl sites for hydroxylation is 2. The number of nitrogens with one attached hydrogen (secondary N) is 2. The summed E-state index contributed by atoms with van der Waals surface area (Å²) in [6.07, 6.45) is 0.647. The number of benzene rings is 1. The van der Waals surface area contributed by atoms with Crippen molar-refractivity contribution >= 4 is 5.91 Å². The zero-order valence-corrected chi connectivity index (χ0v) is 15.5. The Morgan fingerprint density at radius 2 is 1.92 bits per heavy atom. The zero-order valence-electron chi connectivity index (χ0n) is 15.5. The second-order valence-corrected chi connectivity index (χ2v) is 6.95. The highest BCUT2D eigenvalue weighted by Gasteiger charge is 2.19. The number of amides is 1. The van der Waals surface area contributed by atoms with Gasteiger partial charge in [-0.2, -0.15) is 5.10 Å². The summed E-state index contributed by atoms with van der Waals surface area (Å²) in [4.78, 5) is 12.4. The summed E-state index contributed by atoms with van der Waals surface area (Å²) >= 11 is 0. The van der Waals surface area contributed by atoms with Gasteiger partial charge in [0.05, 0.1) is 11.8 Å². The van der Waals surface area contributed by atoms with Crippen molar-refractivity contribution in [2.45, 2.75) is 58.5 Å². The number of rotatable bonds is 8. The minimum Gasteiger partial charge on any atom is -0.393 e. The highest BCUT2D eigenvalue weighted by atomic mass is 16.3. The average Bonchev–Trinajstić information content (AvgIpc) is 2.90. The molecule has 0 aliphatic rings. The number of aliphatic hydroxyl groups is 1. The molecule has 2 rings (SSSR count). The lowest BCUT2D eigenvalue weighted by Gasteiger charge is -2.20. The predicted molar refractivity (Wildman–Crippen MR) is 99.6 cm³/mol. The number of hydrogen-bond acceptors (Lipinski definition) is 3. The van der Waals surface area contributed by atoms with Gasteiger partial charge in [-0.3, -0.25) is 9.89 Å². The van der Waals surface area contributed by atoms with Gasteiger partial charge in [0.1, 0.15) is 0 Å². The largest absolute Gasteiger partial charge is 0.393 e. The molecule has 0 bridgehead atoms. The van der Waals surface area contributed by atoms with E-state index in [4.69, 9.17) is 0 Å². The van der Waals surface area contributed by atoms with Crippen LogP contribution in [0.1, 0.15) is 61.0 Å². The molecular weight excluding hydrogens is 314 g/mol. The lowest BCUT2D eigenvalue weighted by Crippen LogP contribution is -2.30. The molecule has 0 aliphatic heterocycles. The van der Waals surface area contributed by atoms with Crippen LogP contribution in [0.4, 0.5) is 0 Å². The summed E-state index contributed by atoms with van der Waals surface area (Å²) in [5.74, 6) is 0.252. The lowest BCUT2D eigenvalue weighted by atomic mass is 9.92. The lowest BCUT2D eigenvalue weighted by molar-refractivity contribution is -0.121. The van der Waals surface area contributed by atoms with Gasteiger partial charge in [0.25, 0.3) is 0 Å². The first kappa shape index (κ1) is 19.2. The molecule has 5 heteroatoms. The third kappa shape index (κ3) is 5.43. The van der Waals surface area contributed by atoms with E-state index in [1.807, 2.05) is 44.2 Å². The number of aromatic nitrogens is 2. The smallest absolute Gasteiger partial charge is 0.220 e. The maximum atomic E-state index is 12.4. The van der Waals surface area contributed by atoms with E-state index in [-0.39, 0.29) is 17.7 Å². The fraction of sp³-hybridized carbons (Fsp3) is 0.500. The number of carbonyl (C=O) groups excluding carboxylic acids is 1. The molecule has 25 heavy (non-hydrogen) atoms. The third-order valence-corrected chi connectivity index (χ3v) is 4.61. The van der Waals surface area contributed by atoms with Crippen LogP contribution in [-0.2, 0) is 4.79 Å². The van der Waals surface area contributed by atoms with Gasteiger partial charge in [-0.05, 0) is 44.2 Å². The predicted octanol–water partition coefficient (Wildman–Crippen LogP) is 3.19. The topological polar surface area (TPSA) is 78.0 Å². The summed E-state index contributed by atoms with van der Waals surface area (Å²) in [5, 5.41) is 20.0. The number of nitrogens with zero attached hydrogens (tertiary/aromatic N) is 1. The van der Waals surface area contributed by atoms with E-state index in [2.05, 4.69) is 22.4 Å². The van der Waals surface area contributed by atoms with Crippen molar-refractivity contribution in [1.29, 1.82) is 0 Å². The molecule has 1 amide bonds. The molecule has 3 unspecified atom stereocenters. The van der Waals surface area contributed by atoms with E-state index in [1.165, 1.54) is 0 Å². The maximum absolute atomic E-state index is 12.4. The first-order valence-corrected chi connectivity index (χ1v) is 8.89. The standard InChI is InChI=1S/C20H29N3O2/c1-13(20-15(3)22-23-16(20)4)10-19(25)21-12-18(11-14(2)24)17-8-6-5-7-9-17/h5-9,13-14,18,24H,10-12H2,1-4H3,(H,21,25)(H,22,23). The summed E-state index contributed by atoms with van der Waals surface area (Å²) in [5.41, 5.74) is 4.24. The summed E-state index contributed by atoms with van der Waals surface area (Å²) in [6, 6.07) is 10.0. The van der Waals surface area contributed by atoms with Gasteiger partial charge < -0.3 is 10.4 Å². The molecule has 0 spiro atoms. The fourth-order valence-corrected chi connectivity index (χ4v) is 3.45. The Morgan fingerprint density at radius 1 is 1.24 bits per heavy atom. The van der Waals surface area contributed by atoms with Gasteiger partial charge in [0.15, 0.2) is 0 Å². The average molecular weight is 343 g/mol.